The molecule has 1 fully saturated rings. The number of rotatable bonds is 6. The van der Waals surface area contributed by atoms with Gasteiger partial charge in [0.05, 0.1) is 25.8 Å². The molecule has 0 aromatic heterocycles. The number of aliphatic hydroxyl groups excluding tert-OH is 1. The molecule has 0 saturated carbocycles. The third-order valence-electron chi connectivity index (χ3n) is 5.19. The predicted octanol–water partition coefficient (Wildman–Crippen LogP) is 3.13. The van der Waals surface area contributed by atoms with E-state index in [-0.39, 0.29) is 18.6 Å². The molecule has 28 heavy (non-hydrogen) atoms. The molecule has 1 aliphatic heterocycles. The van der Waals surface area contributed by atoms with E-state index in [4.69, 9.17) is 4.74 Å². The standard InChI is InChI=1S/C22H25N3O3/c1-3-11-24-22(27)25-19(13-23)21(20(25)14-26)18-10-5-4-9-17(18)15-7-6-8-16(12-15)28-2/h4-10,12,19-21,26H,3,11,14H2,1-2H3,(H,24,27)/t19-,20+,21+/m1/s1. The Morgan fingerprint density at radius 1 is 1.29 bits per heavy atom. The first-order chi connectivity index (χ1) is 13.7. The lowest BCUT2D eigenvalue weighted by molar-refractivity contribution is 0.0171. The van der Waals surface area contributed by atoms with Crippen LogP contribution in [0.4, 0.5) is 4.79 Å². The number of nitriles is 1. The highest BCUT2D eigenvalue weighted by atomic mass is 16.5. The van der Waals surface area contributed by atoms with E-state index in [9.17, 15) is 15.2 Å². The molecule has 6 nitrogen and oxygen atoms in total. The molecule has 2 aromatic rings. The maximum Gasteiger partial charge on any atom is 0.318 e. The molecule has 146 valence electrons. The molecule has 3 atom stereocenters. The number of likely N-dealkylation sites (tertiary alicyclic amines) is 1. The number of carbonyl (C=O) groups excluding carboxylic acids is 1. The third-order valence-corrected chi connectivity index (χ3v) is 5.19. The summed E-state index contributed by atoms with van der Waals surface area (Å²) in [5, 5.41) is 22.5. The number of hydrogen-bond acceptors (Lipinski definition) is 4. The summed E-state index contributed by atoms with van der Waals surface area (Å²) in [6, 6.07) is 16.4. The lowest BCUT2D eigenvalue weighted by atomic mass is 9.73. The van der Waals surface area contributed by atoms with Crippen LogP contribution in [-0.2, 0) is 0 Å². The van der Waals surface area contributed by atoms with Crippen molar-refractivity contribution in [3.63, 3.8) is 0 Å². The van der Waals surface area contributed by atoms with Crippen LogP contribution in [0.2, 0.25) is 0 Å². The smallest absolute Gasteiger partial charge is 0.318 e. The Kier molecular flexibility index (Phi) is 6.17. The van der Waals surface area contributed by atoms with Crippen LogP contribution in [-0.4, -0.2) is 48.4 Å². The summed E-state index contributed by atoms with van der Waals surface area (Å²) in [6.07, 6.45) is 0.808. The summed E-state index contributed by atoms with van der Waals surface area (Å²) in [6.45, 7) is 2.31. The molecule has 0 spiro atoms. The van der Waals surface area contributed by atoms with Gasteiger partial charge in [-0.2, -0.15) is 5.26 Å². The molecule has 0 aliphatic carbocycles. The zero-order chi connectivity index (χ0) is 20.1. The van der Waals surface area contributed by atoms with Crippen molar-refractivity contribution in [3.05, 3.63) is 54.1 Å². The van der Waals surface area contributed by atoms with Crippen LogP contribution < -0.4 is 10.1 Å². The van der Waals surface area contributed by atoms with Gasteiger partial charge in [-0.1, -0.05) is 43.3 Å². The van der Waals surface area contributed by atoms with Gasteiger partial charge >= 0.3 is 6.03 Å². The monoisotopic (exact) mass is 379 g/mol. The number of nitrogens with zero attached hydrogens (tertiary/aromatic N) is 2. The molecule has 0 radical (unpaired) electrons. The number of benzene rings is 2. The third kappa shape index (κ3) is 3.54. The molecule has 2 N–H and O–H groups in total. The summed E-state index contributed by atoms with van der Waals surface area (Å²) in [7, 11) is 1.62. The van der Waals surface area contributed by atoms with Crippen molar-refractivity contribution in [2.24, 2.45) is 0 Å². The number of methoxy groups -OCH3 is 1. The fraction of sp³-hybridized carbons (Fsp3) is 0.364. The van der Waals surface area contributed by atoms with Crippen molar-refractivity contribution in [2.75, 3.05) is 20.3 Å². The molecule has 1 saturated heterocycles. The first kappa shape index (κ1) is 19.7. The molecular formula is C22H25N3O3. The summed E-state index contributed by atoms with van der Waals surface area (Å²) in [4.78, 5) is 13.9. The maximum absolute atomic E-state index is 12.5. The molecule has 6 heteroatoms. The van der Waals surface area contributed by atoms with Crippen molar-refractivity contribution >= 4 is 6.03 Å². The van der Waals surface area contributed by atoms with Crippen LogP contribution in [0.1, 0.15) is 24.8 Å². The number of amides is 2. The van der Waals surface area contributed by atoms with E-state index in [0.717, 1.165) is 28.9 Å². The Labute approximate surface area is 165 Å². The fourth-order valence-electron chi connectivity index (χ4n) is 3.82. The highest BCUT2D eigenvalue weighted by molar-refractivity contribution is 5.78. The average Bonchev–Trinajstić information content (AvgIpc) is 2.72. The van der Waals surface area contributed by atoms with Crippen molar-refractivity contribution in [2.45, 2.75) is 31.3 Å². The van der Waals surface area contributed by atoms with Gasteiger partial charge in [0.2, 0.25) is 0 Å². The minimum absolute atomic E-state index is 0.200. The van der Waals surface area contributed by atoms with Crippen LogP contribution in [0, 0.1) is 11.3 Å². The van der Waals surface area contributed by atoms with E-state index >= 15 is 0 Å². The lowest BCUT2D eigenvalue weighted by Crippen LogP contribution is -2.67. The quantitative estimate of drug-likeness (QED) is 0.807. The van der Waals surface area contributed by atoms with Crippen molar-refractivity contribution < 1.29 is 14.6 Å². The molecule has 0 bridgehead atoms. The summed E-state index contributed by atoms with van der Waals surface area (Å²) >= 11 is 0. The van der Waals surface area contributed by atoms with E-state index in [0.29, 0.717) is 6.54 Å². The Morgan fingerprint density at radius 3 is 2.75 bits per heavy atom. The molecule has 2 aromatic carbocycles. The highest BCUT2D eigenvalue weighted by Gasteiger charge is 2.52. The van der Waals surface area contributed by atoms with E-state index in [1.54, 1.807) is 7.11 Å². The van der Waals surface area contributed by atoms with Gasteiger partial charge in [0.1, 0.15) is 11.8 Å². The molecule has 0 unspecified atom stereocenters. The largest absolute Gasteiger partial charge is 0.497 e. The Bertz CT molecular complexity index is 877. The van der Waals surface area contributed by atoms with Gasteiger partial charge in [0, 0.05) is 12.5 Å². The zero-order valence-corrected chi connectivity index (χ0v) is 16.1. The van der Waals surface area contributed by atoms with Crippen LogP contribution in [0.3, 0.4) is 0 Å². The van der Waals surface area contributed by atoms with Gasteiger partial charge in [0.25, 0.3) is 0 Å². The second kappa shape index (κ2) is 8.77. The van der Waals surface area contributed by atoms with E-state index < -0.39 is 12.1 Å². The molecular weight excluding hydrogens is 354 g/mol. The van der Waals surface area contributed by atoms with Crippen molar-refractivity contribution in [1.29, 1.82) is 5.26 Å². The van der Waals surface area contributed by atoms with Crippen LogP contribution in [0.5, 0.6) is 5.75 Å². The summed E-state index contributed by atoms with van der Waals surface area (Å²) in [5.41, 5.74) is 2.89. The van der Waals surface area contributed by atoms with E-state index in [2.05, 4.69) is 11.4 Å². The van der Waals surface area contributed by atoms with Crippen LogP contribution in [0.25, 0.3) is 11.1 Å². The highest BCUT2D eigenvalue weighted by Crippen LogP contribution is 2.44. The molecule has 1 heterocycles. The van der Waals surface area contributed by atoms with E-state index in [1.165, 1.54) is 4.90 Å². The van der Waals surface area contributed by atoms with E-state index in [1.807, 2.05) is 55.5 Å². The number of hydrogen-bond donors (Lipinski definition) is 2. The van der Waals surface area contributed by atoms with Crippen LogP contribution >= 0.6 is 0 Å². The number of carbonyl (C=O) groups is 1. The second-order valence-corrected chi connectivity index (χ2v) is 6.81. The van der Waals surface area contributed by atoms with Gasteiger partial charge in [-0.05, 0) is 35.2 Å². The van der Waals surface area contributed by atoms with Crippen LogP contribution in [0.15, 0.2) is 48.5 Å². The minimum Gasteiger partial charge on any atom is -0.497 e. The SMILES string of the molecule is CCCNC(=O)N1[C@H](C#N)[C@H](c2ccccc2-c2cccc(OC)c2)[C@@H]1CO. The van der Waals surface area contributed by atoms with Gasteiger partial charge in [-0.15, -0.1) is 0 Å². The number of ether oxygens (including phenoxy) is 1. The Hall–Kier alpha value is -3.04. The Morgan fingerprint density at radius 2 is 2.07 bits per heavy atom. The predicted molar refractivity (Wildman–Crippen MR) is 107 cm³/mol. The normalized spacial score (nSPS) is 20.8. The summed E-state index contributed by atoms with van der Waals surface area (Å²) in [5.74, 6) is 0.488. The van der Waals surface area contributed by atoms with Crippen molar-refractivity contribution in [1.82, 2.24) is 10.2 Å². The first-order valence-electron chi connectivity index (χ1n) is 9.46. The van der Waals surface area contributed by atoms with Gasteiger partial charge in [0.15, 0.2) is 0 Å². The Balaban J connectivity index is 1.97. The number of nitrogens with one attached hydrogen (secondary N) is 1. The minimum atomic E-state index is -0.624. The second-order valence-electron chi connectivity index (χ2n) is 6.81. The first-order valence-corrected chi connectivity index (χ1v) is 9.46. The number of urea groups is 1. The zero-order valence-electron chi connectivity index (χ0n) is 16.1. The lowest BCUT2D eigenvalue weighted by Gasteiger charge is -2.51. The molecule has 3 rings (SSSR count). The number of aliphatic hydroxyl groups is 1. The van der Waals surface area contributed by atoms with Gasteiger partial charge < -0.3 is 20.1 Å². The van der Waals surface area contributed by atoms with Gasteiger partial charge in [-0.25, -0.2) is 4.79 Å². The maximum atomic E-state index is 12.5. The summed E-state index contributed by atoms with van der Waals surface area (Å²) < 4.78 is 5.33. The average molecular weight is 379 g/mol. The topological polar surface area (TPSA) is 85.6 Å². The molecule has 2 amide bonds. The van der Waals surface area contributed by atoms with Gasteiger partial charge in [-0.3, -0.25) is 0 Å². The molecule has 1 aliphatic rings. The fourth-order valence-corrected chi connectivity index (χ4v) is 3.82. The van der Waals surface area contributed by atoms with Crippen molar-refractivity contribution in [3.8, 4) is 22.9 Å².